The monoisotopic (exact) mass is 249 g/mol. The molecule has 0 heterocycles. The summed E-state index contributed by atoms with van der Waals surface area (Å²) in [6.45, 7) is 0.0108. The summed E-state index contributed by atoms with van der Waals surface area (Å²) in [6, 6.07) is 7.45. The van der Waals surface area contributed by atoms with Crippen molar-refractivity contribution in [3.05, 3.63) is 29.8 Å². The molecule has 1 saturated carbocycles. The van der Waals surface area contributed by atoms with Gasteiger partial charge in [0.25, 0.3) is 5.91 Å². The molecule has 0 aromatic heterocycles. The van der Waals surface area contributed by atoms with E-state index in [9.17, 15) is 4.79 Å². The van der Waals surface area contributed by atoms with Gasteiger partial charge in [0.05, 0.1) is 6.61 Å². The Morgan fingerprint density at radius 1 is 1.39 bits per heavy atom. The van der Waals surface area contributed by atoms with Crippen LogP contribution in [0.15, 0.2) is 24.3 Å². The van der Waals surface area contributed by atoms with E-state index >= 15 is 0 Å². The lowest BCUT2D eigenvalue weighted by molar-refractivity contribution is -0.123. The fourth-order valence-electron chi connectivity index (χ4n) is 2.22. The third-order valence-corrected chi connectivity index (χ3v) is 3.17. The molecule has 1 aromatic carbocycles. The van der Waals surface area contributed by atoms with Crippen molar-refractivity contribution < 1.29 is 14.6 Å². The normalized spacial score (nSPS) is 15.6. The molecule has 1 aliphatic rings. The number of rotatable bonds is 5. The van der Waals surface area contributed by atoms with Gasteiger partial charge in [-0.25, -0.2) is 0 Å². The van der Waals surface area contributed by atoms with Crippen LogP contribution in [0.4, 0.5) is 0 Å². The Morgan fingerprint density at radius 3 is 2.89 bits per heavy atom. The van der Waals surface area contributed by atoms with Gasteiger partial charge in [0.15, 0.2) is 6.61 Å². The van der Waals surface area contributed by atoms with Gasteiger partial charge in [0.1, 0.15) is 5.75 Å². The van der Waals surface area contributed by atoms with E-state index in [1.54, 1.807) is 18.2 Å². The molecule has 0 radical (unpaired) electrons. The van der Waals surface area contributed by atoms with Crippen LogP contribution in [0.1, 0.15) is 31.2 Å². The van der Waals surface area contributed by atoms with Gasteiger partial charge >= 0.3 is 0 Å². The zero-order valence-electron chi connectivity index (χ0n) is 10.4. The molecule has 1 aliphatic carbocycles. The summed E-state index contributed by atoms with van der Waals surface area (Å²) in [5, 5.41) is 12.0. The lowest BCUT2D eigenvalue weighted by Crippen LogP contribution is -2.36. The Balaban J connectivity index is 1.77. The molecular weight excluding hydrogens is 230 g/mol. The number of carbonyl (C=O) groups excluding carboxylic acids is 1. The summed E-state index contributed by atoms with van der Waals surface area (Å²) in [5.41, 5.74) is 0.781. The Labute approximate surface area is 107 Å². The molecule has 18 heavy (non-hydrogen) atoms. The number of hydrogen-bond donors (Lipinski definition) is 2. The number of benzene rings is 1. The zero-order valence-corrected chi connectivity index (χ0v) is 10.4. The van der Waals surface area contributed by atoms with E-state index < -0.39 is 0 Å². The van der Waals surface area contributed by atoms with Crippen molar-refractivity contribution in [1.82, 2.24) is 5.32 Å². The number of aliphatic hydroxyl groups excluding tert-OH is 1. The molecule has 1 amide bonds. The molecular formula is C14H19NO3. The smallest absolute Gasteiger partial charge is 0.258 e. The van der Waals surface area contributed by atoms with Crippen molar-refractivity contribution >= 4 is 5.91 Å². The van der Waals surface area contributed by atoms with E-state index in [1.165, 1.54) is 12.8 Å². The minimum absolute atomic E-state index is 0.0224. The summed E-state index contributed by atoms with van der Waals surface area (Å²) in [7, 11) is 0. The topological polar surface area (TPSA) is 58.6 Å². The van der Waals surface area contributed by atoms with Crippen molar-refractivity contribution in [2.75, 3.05) is 6.61 Å². The van der Waals surface area contributed by atoms with Gasteiger partial charge in [0.2, 0.25) is 0 Å². The van der Waals surface area contributed by atoms with Crippen molar-refractivity contribution in [1.29, 1.82) is 0 Å². The van der Waals surface area contributed by atoms with Crippen molar-refractivity contribution in [3.63, 3.8) is 0 Å². The SMILES string of the molecule is O=C(COc1cccc(CO)c1)NC1CCCC1. The number of nitrogens with one attached hydrogen (secondary N) is 1. The minimum atomic E-state index is -0.0729. The Bertz CT molecular complexity index is 400. The molecule has 0 spiro atoms. The fraction of sp³-hybridized carbons (Fsp3) is 0.500. The molecule has 0 unspecified atom stereocenters. The van der Waals surface area contributed by atoms with E-state index in [-0.39, 0.29) is 19.1 Å². The lowest BCUT2D eigenvalue weighted by atomic mass is 10.2. The number of amides is 1. The van der Waals surface area contributed by atoms with Crippen LogP contribution >= 0.6 is 0 Å². The van der Waals surface area contributed by atoms with Gasteiger partial charge < -0.3 is 15.2 Å². The molecule has 1 fully saturated rings. The van der Waals surface area contributed by atoms with Crippen LogP contribution < -0.4 is 10.1 Å². The van der Waals surface area contributed by atoms with Crippen molar-refractivity contribution in [2.24, 2.45) is 0 Å². The first-order chi connectivity index (χ1) is 8.78. The molecule has 2 N–H and O–H groups in total. The van der Waals surface area contributed by atoms with Gasteiger partial charge in [-0.2, -0.15) is 0 Å². The molecule has 1 aromatic rings. The maximum Gasteiger partial charge on any atom is 0.258 e. The van der Waals surface area contributed by atoms with E-state index in [2.05, 4.69) is 5.32 Å². The summed E-state index contributed by atoms with van der Waals surface area (Å²) in [6.07, 6.45) is 4.55. The second kappa shape index (κ2) is 6.40. The molecule has 0 atom stereocenters. The molecule has 0 aliphatic heterocycles. The van der Waals surface area contributed by atoms with E-state index in [0.717, 1.165) is 18.4 Å². The second-order valence-corrected chi connectivity index (χ2v) is 4.64. The Hall–Kier alpha value is -1.55. The first-order valence-corrected chi connectivity index (χ1v) is 6.40. The molecule has 4 heteroatoms. The lowest BCUT2D eigenvalue weighted by Gasteiger charge is -2.12. The standard InChI is InChI=1S/C14H19NO3/c16-9-11-4-3-7-13(8-11)18-10-14(17)15-12-5-1-2-6-12/h3-4,7-8,12,16H,1-2,5-6,9-10H2,(H,15,17). The Kier molecular flexibility index (Phi) is 4.59. The van der Waals surface area contributed by atoms with Gasteiger partial charge in [-0.1, -0.05) is 25.0 Å². The quantitative estimate of drug-likeness (QED) is 0.833. The fourth-order valence-corrected chi connectivity index (χ4v) is 2.22. The van der Waals surface area contributed by atoms with Crippen LogP contribution in [0.25, 0.3) is 0 Å². The maximum absolute atomic E-state index is 11.6. The highest BCUT2D eigenvalue weighted by Crippen LogP contribution is 2.17. The van der Waals surface area contributed by atoms with Gasteiger partial charge in [-0.3, -0.25) is 4.79 Å². The third-order valence-electron chi connectivity index (χ3n) is 3.17. The van der Waals surface area contributed by atoms with Crippen LogP contribution in [0.2, 0.25) is 0 Å². The molecule has 4 nitrogen and oxygen atoms in total. The van der Waals surface area contributed by atoms with Crippen molar-refractivity contribution in [2.45, 2.75) is 38.3 Å². The van der Waals surface area contributed by atoms with Crippen molar-refractivity contribution in [3.8, 4) is 5.75 Å². The minimum Gasteiger partial charge on any atom is -0.484 e. The van der Waals surface area contributed by atoms with E-state index in [1.807, 2.05) is 6.07 Å². The maximum atomic E-state index is 11.6. The van der Waals surface area contributed by atoms with Gasteiger partial charge in [-0.15, -0.1) is 0 Å². The molecule has 0 saturated heterocycles. The second-order valence-electron chi connectivity index (χ2n) is 4.64. The predicted molar refractivity (Wildman–Crippen MR) is 68.3 cm³/mol. The molecule has 0 bridgehead atoms. The summed E-state index contributed by atoms with van der Waals surface area (Å²) < 4.78 is 5.40. The van der Waals surface area contributed by atoms with E-state index in [0.29, 0.717) is 11.8 Å². The predicted octanol–water partition coefficient (Wildman–Crippen LogP) is 1.62. The highest BCUT2D eigenvalue weighted by Gasteiger charge is 2.17. The summed E-state index contributed by atoms with van der Waals surface area (Å²) in [4.78, 5) is 11.6. The van der Waals surface area contributed by atoms with Gasteiger partial charge in [-0.05, 0) is 30.5 Å². The number of hydrogen-bond acceptors (Lipinski definition) is 3. The first kappa shape index (κ1) is 12.9. The van der Waals surface area contributed by atoms with Crippen LogP contribution in [-0.4, -0.2) is 23.7 Å². The largest absolute Gasteiger partial charge is 0.484 e. The van der Waals surface area contributed by atoms with Gasteiger partial charge in [0, 0.05) is 6.04 Å². The molecule has 98 valence electrons. The summed E-state index contributed by atoms with van der Waals surface area (Å²) in [5.74, 6) is 0.541. The van der Waals surface area contributed by atoms with Crippen LogP contribution in [-0.2, 0) is 11.4 Å². The van der Waals surface area contributed by atoms with E-state index in [4.69, 9.17) is 9.84 Å². The number of carbonyl (C=O) groups is 1. The average molecular weight is 249 g/mol. The average Bonchev–Trinajstić information content (AvgIpc) is 2.89. The highest BCUT2D eigenvalue weighted by molar-refractivity contribution is 5.77. The van der Waals surface area contributed by atoms with Crippen LogP contribution in [0.3, 0.4) is 0 Å². The molecule has 2 rings (SSSR count). The highest BCUT2D eigenvalue weighted by atomic mass is 16.5. The zero-order chi connectivity index (χ0) is 12.8. The first-order valence-electron chi connectivity index (χ1n) is 6.40. The summed E-state index contributed by atoms with van der Waals surface area (Å²) >= 11 is 0. The van der Waals surface area contributed by atoms with Crippen LogP contribution in [0, 0.1) is 0 Å². The third kappa shape index (κ3) is 3.74. The number of ether oxygens (including phenoxy) is 1. The Morgan fingerprint density at radius 2 is 2.17 bits per heavy atom. The van der Waals surface area contributed by atoms with Crippen LogP contribution in [0.5, 0.6) is 5.75 Å². The number of aliphatic hydroxyl groups is 1.